The highest BCUT2D eigenvalue weighted by atomic mass is 35.5. The lowest BCUT2D eigenvalue weighted by Gasteiger charge is -1.99. The Morgan fingerprint density at radius 3 is 2.65 bits per heavy atom. The van der Waals surface area contributed by atoms with Gasteiger partial charge in [0.15, 0.2) is 5.13 Å². The number of aromatic nitrogens is 2. The molecule has 2 aromatic heterocycles. The average Bonchev–Trinajstić information content (AvgIpc) is 3.25. The van der Waals surface area contributed by atoms with Gasteiger partial charge >= 0.3 is 5.97 Å². The van der Waals surface area contributed by atoms with Gasteiger partial charge in [-0.1, -0.05) is 23.7 Å². The summed E-state index contributed by atoms with van der Waals surface area (Å²) in [6, 6.07) is 7.26. The molecule has 9 heteroatoms. The topological polar surface area (TPSA) is 81.2 Å². The number of carbonyl (C=O) groups excluding carboxylic acids is 2. The molecule has 3 rings (SSSR count). The molecule has 0 aliphatic rings. The summed E-state index contributed by atoms with van der Waals surface area (Å²) in [7, 11) is 0. The zero-order chi connectivity index (χ0) is 18.5. The molecule has 1 N–H and O–H groups in total. The van der Waals surface area contributed by atoms with Gasteiger partial charge < -0.3 is 4.74 Å². The zero-order valence-corrected chi connectivity index (χ0v) is 16.1. The van der Waals surface area contributed by atoms with Crippen LogP contribution in [0.4, 0.5) is 5.13 Å². The van der Waals surface area contributed by atoms with Gasteiger partial charge in [-0.25, -0.2) is 9.97 Å². The van der Waals surface area contributed by atoms with E-state index in [1.54, 1.807) is 29.8 Å². The number of hydrogen-bond acceptors (Lipinski definition) is 7. The molecule has 6 nitrogen and oxygen atoms in total. The number of anilines is 1. The summed E-state index contributed by atoms with van der Waals surface area (Å²) in [6.07, 6.45) is 0.0810. The van der Waals surface area contributed by atoms with Crippen LogP contribution in [0.5, 0.6) is 0 Å². The highest BCUT2D eigenvalue weighted by molar-refractivity contribution is 7.14. The van der Waals surface area contributed by atoms with Crippen molar-refractivity contribution < 1.29 is 14.3 Å². The third-order valence-electron chi connectivity index (χ3n) is 3.23. The molecule has 26 heavy (non-hydrogen) atoms. The van der Waals surface area contributed by atoms with E-state index in [0.717, 1.165) is 10.6 Å². The fourth-order valence-corrected chi connectivity index (χ4v) is 3.71. The van der Waals surface area contributed by atoms with E-state index in [4.69, 9.17) is 16.3 Å². The summed E-state index contributed by atoms with van der Waals surface area (Å²) in [4.78, 5) is 32.4. The number of ether oxygens (including phenoxy) is 1. The summed E-state index contributed by atoms with van der Waals surface area (Å²) in [5.41, 5.74) is 1.76. The van der Waals surface area contributed by atoms with Crippen LogP contribution in [0.3, 0.4) is 0 Å². The Labute approximate surface area is 162 Å². The van der Waals surface area contributed by atoms with Crippen LogP contribution >= 0.6 is 34.3 Å². The van der Waals surface area contributed by atoms with Crippen molar-refractivity contribution >= 4 is 51.3 Å². The van der Waals surface area contributed by atoms with Crippen molar-refractivity contribution in [3.63, 3.8) is 0 Å². The monoisotopic (exact) mass is 407 g/mol. The van der Waals surface area contributed by atoms with E-state index >= 15 is 0 Å². The minimum absolute atomic E-state index is 0.0810. The van der Waals surface area contributed by atoms with Crippen molar-refractivity contribution in [2.75, 3.05) is 11.9 Å². The molecule has 0 saturated heterocycles. The van der Waals surface area contributed by atoms with Crippen molar-refractivity contribution in [2.24, 2.45) is 0 Å². The van der Waals surface area contributed by atoms with Crippen molar-refractivity contribution in [2.45, 2.75) is 13.3 Å². The lowest BCUT2D eigenvalue weighted by atomic mass is 10.2. The predicted octanol–water partition coefficient (Wildman–Crippen LogP) is 4.28. The van der Waals surface area contributed by atoms with Crippen LogP contribution in [0.25, 0.3) is 10.6 Å². The second-order valence-corrected chi connectivity index (χ2v) is 7.28. The number of nitrogens with one attached hydrogen (secondary N) is 1. The second kappa shape index (κ2) is 8.39. The first-order valence-corrected chi connectivity index (χ1v) is 9.81. The first kappa shape index (κ1) is 18.5. The Kier molecular flexibility index (Phi) is 5.97. The standard InChI is InChI=1S/C17H14ClN3O3S2/c1-2-24-14(22)7-12-8-26-17(19-12)21-15(23)13-9-25-16(20-13)10-3-5-11(18)6-4-10/h3-6,8-9H,2,7H2,1H3,(H,19,21,23). The molecule has 3 aromatic rings. The van der Waals surface area contributed by atoms with E-state index in [1.165, 1.54) is 22.7 Å². The Balaban J connectivity index is 1.64. The van der Waals surface area contributed by atoms with Gasteiger partial charge in [-0.2, -0.15) is 0 Å². The molecule has 0 atom stereocenters. The molecule has 0 radical (unpaired) electrons. The Bertz CT molecular complexity index is 921. The van der Waals surface area contributed by atoms with Gasteiger partial charge in [0.05, 0.1) is 18.7 Å². The Morgan fingerprint density at radius 1 is 1.15 bits per heavy atom. The molecule has 0 unspecified atom stereocenters. The number of amides is 1. The van der Waals surface area contributed by atoms with Crippen LogP contribution < -0.4 is 5.32 Å². The van der Waals surface area contributed by atoms with Crippen LogP contribution in [0.1, 0.15) is 23.1 Å². The molecule has 2 heterocycles. The van der Waals surface area contributed by atoms with Gasteiger partial charge in [0, 0.05) is 21.3 Å². The van der Waals surface area contributed by atoms with E-state index in [0.29, 0.717) is 28.1 Å². The number of rotatable bonds is 6. The van der Waals surface area contributed by atoms with Crippen LogP contribution in [0, 0.1) is 0 Å². The smallest absolute Gasteiger partial charge is 0.311 e. The van der Waals surface area contributed by atoms with Crippen molar-refractivity contribution in [3.05, 3.63) is 51.4 Å². The van der Waals surface area contributed by atoms with Crippen LogP contribution in [0.2, 0.25) is 5.02 Å². The minimum Gasteiger partial charge on any atom is -0.466 e. The SMILES string of the molecule is CCOC(=O)Cc1csc(NC(=O)c2csc(-c3ccc(Cl)cc3)n2)n1. The number of nitrogens with zero attached hydrogens (tertiary/aromatic N) is 2. The highest BCUT2D eigenvalue weighted by Crippen LogP contribution is 2.25. The van der Waals surface area contributed by atoms with Crippen LogP contribution in [0.15, 0.2) is 35.0 Å². The maximum absolute atomic E-state index is 12.3. The largest absolute Gasteiger partial charge is 0.466 e. The highest BCUT2D eigenvalue weighted by Gasteiger charge is 2.15. The fraction of sp³-hybridized carbons (Fsp3) is 0.176. The fourth-order valence-electron chi connectivity index (χ4n) is 2.07. The van der Waals surface area contributed by atoms with Gasteiger partial charge in [0.25, 0.3) is 5.91 Å². The van der Waals surface area contributed by atoms with Crippen molar-refractivity contribution in [1.82, 2.24) is 9.97 Å². The normalized spacial score (nSPS) is 10.5. The molecule has 0 saturated carbocycles. The quantitative estimate of drug-likeness (QED) is 0.617. The number of esters is 1. The van der Waals surface area contributed by atoms with Gasteiger partial charge in [-0.05, 0) is 19.1 Å². The van der Waals surface area contributed by atoms with E-state index in [9.17, 15) is 9.59 Å². The molecule has 0 spiro atoms. The predicted molar refractivity (Wildman–Crippen MR) is 103 cm³/mol. The van der Waals surface area contributed by atoms with Gasteiger partial charge in [-0.15, -0.1) is 22.7 Å². The third-order valence-corrected chi connectivity index (χ3v) is 5.18. The average molecular weight is 408 g/mol. The van der Waals surface area contributed by atoms with Gasteiger partial charge in [-0.3, -0.25) is 14.9 Å². The van der Waals surface area contributed by atoms with E-state index in [-0.39, 0.29) is 18.3 Å². The molecule has 0 aliphatic carbocycles. The van der Waals surface area contributed by atoms with Gasteiger partial charge in [0.1, 0.15) is 10.7 Å². The van der Waals surface area contributed by atoms with Crippen molar-refractivity contribution in [1.29, 1.82) is 0 Å². The first-order chi connectivity index (χ1) is 12.5. The maximum atomic E-state index is 12.3. The lowest BCUT2D eigenvalue weighted by molar-refractivity contribution is -0.142. The van der Waals surface area contributed by atoms with E-state index in [2.05, 4.69) is 15.3 Å². The molecule has 1 amide bonds. The van der Waals surface area contributed by atoms with Gasteiger partial charge in [0.2, 0.25) is 0 Å². The molecule has 0 bridgehead atoms. The maximum Gasteiger partial charge on any atom is 0.311 e. The number of hydrogen-bond donors (Lipinski definition) is 1. The Hall–Kier alpha value is -2.29. The number of benzene rings is 1. The third kappa shape index (κ3) is 4.66. The molecular weight excluding hydrogens is 394 g/mol. The van der Waals surface area contributed by atoms with E-state index < -0.39 is 0 Å². The van der Waals surface area contributed by atoms with Crippen LogP contribution in [-0.2, 0) is 16.0 Å². The molecule has 0 aliphatic heterocycles. The number of halogens is 1. The second-order valence-electron chi connectivity index (χ2n) is 5.12. The summed E-state index contributed by atoms with van der Waals surface area (Å²) in [5, 5.41) is 7.89. The summed E-state index contributed by atoms with van der Waals surface area (Å²) in [5.74, 6) is -0.693. The zero-order valence-electron chi connectivity index (χ0n) is 13.7. The molecule has 134 valence electrons. The number of carbonyl (C=O) groups is 2. The summed E-state index contributed by atoms with van der Waals surface area (Å²) < 4.78 is 4.88. The molecule has 0 fully saturated rings. The molecular formula is C17H14ClN3O3S2. The van der Waals surface area contributed by atoms with Crippen LogP contribution in [-0.4, -0.2) is 28.5 Å². The summed E-state index contributed by atoms with van der Waals surface area (Å²) in [6.45, 7) is 2.07. The minimum atomic E-state index is -0.349. The van der Waals surface area contributed by atoms with Crippen molar-refractivity contribution in [3.8, 4) is 10.6 Å². The number of thiazole rings is 2. The lowest BCUT2D eigenvalue weighted by Crippen LogP contribution is -2.12. The summed E-state index contributed by atoms with van der Waals surface area (Å²) >= 11 is 8.50. The molecule has 1 aromatic carbocycles. The van der Waals surface area contributed by atoms with E-state index in [1.807, 2.05) is 12.1 Å². The Morgan fingerprint density at radius 2 is 1.92 bits per heavy atom. The first-order valence-electron chi connectivity index (χ1n) is 7.68.